The van der Waals surface area contributed by atoms with Crippen molar-refractivity contribution < 1.29 is 9.18 Å². The van der Waals surface area contributed by atoms with Crippen LogP contribution in [0.1, 0.15) is 32.6 Å². The molecule has 3 nitrogen and oxygen atoms in total. The van der Waals surface area contributed by atoms with Crippen LogP contribution in [-0.4, -0.2) is 5.91 Å². The Balaban J connectivity index is 2.23. The molecule has 0 atom stereocenters. The zero-order chi connectivity index (χ0) is 11.8. The third-order valence-corrected chi connectivity index (χ3v) is 2.20. The van der Waals surface area contributed by atoms with Crippen LogP contribution in [0.2, 0.25) is 0 Å². The molecule has 1 aromatic rings. The van der Waals surface area contributed by atoms with E-state index in [1.54, 1.807) is 12.1 Å². The Labute approximate surface area is 95.0 Å². The lowest BCUT2D eigenvalue weighted by Gasteiger charge is -2.07. The first-order valence-electron chi connectivity index (χ1n) is 5.53. The van der Waals surface area contributed by atoms with Gasteiger partial charge in [0.15, 0.2) is 0 Å². The second kappa shape index (κ2) is 6.82. The molecule has 88 valence electrons. The lowest BCUT2D eigenvalue weighted by molar-refractivity contribution is -0.120. The van der Waals surface area contributed by atoms with Crippen molar-refractivity contribution in [2.24, 2.45) is 0 Å². The summed E-state index contributed by atoms with van der Waals surface area (Å²) in [5, 5.41) is 0. The maximum atomic E-state index is 12.6. The maximum absolute atomic E-state index is 12.6. The van der Waals surface area contributed by atoms with Crippen molar-refractivity contribution in [1.82, 2.24) is 5.43 Å². The number of rotatable bonds is 6. The number of hydrogen-bond acceptors (Lipinski definition) is 2. The summed E-state index contributed by atoms with van der Waals surface area (Å²) in [5.74, 6) is -0.336. The molecule has 2 N–H and O–H groups in total. The maximum Gasteiger partial charge on any atom is 0.238 e. The van der Waals surface area contributed by atoms with Gasteiger partial charge in [-0.2, -0.15) is 0 Å². The zero-order valence-corrected chi connectivity index (χ0v) is 9.42. The molecule has 0 saturated carbocycles. The van der Waals surface area contributed by atoms with Crippen molar-refractivity contribution in [2.75, 3.05) is 5.43 Å². The molecular formula is C12H17FN2O. The Kier molecular flexibility index (Phi) is 5.32. The summed E-state index contributed by atoms with van der Waals surface area (Å²) in [7, 11) is 0. The average Bonchev–Trinajstić information content (AvgIpc) is 2.29. The van der Waals surface area contributed by atoms with Gasteiger partial charge < -0.3 is 0 Å². The quantitative estimate of drug-likeness (QED) is 0.576. The van der Waals surface area contributed by atoms with Crippen LogP contribution in [0.3, 0.4) is 0 Å². The predicted molar refractivity (Wildman–Crippen MR) is 62.3 cm³/mol. The Morgan fingerprint density at radius 2 is 1.94 bits per heavy atom. The number of benzene rings is 1. The van der Waals surface area contributed by atoms with E-state index < -0.39 is 0 Å². The van der Waals surface area contributed by atoms with Gasteiger partial charge in [-0.3, -0.25) is 15.6 Å². The van der Waals surface area contributed by atoms with Crippen LogP contribution < -0.4 is 10.9 Å². The number of anilines is 1. The van der Waals surface area contributed by atoms with Crippen molar-refractivity contribution >= 4 is 11.6 Å². The van der Waals surface area contributed by atoms with Crippen molar-refractivity contribution in [2.45, 2.75) is 32.6 Å². The van der Waals surface area contributed by atoms with Crippen LogP contribution in [0, 0.1) is 5.82 Å². The second-order valence-electron chi connectivity index (χ2n) is 3.64. The standard InChI is InChI=1S/C12H17FN2O/c1-2-3-4-5-12(16)15-14-11-8-6-10(13)7-9-11/h6-9,14H,2-5H2,1H3,(H,15,16). The summed E-state index contributed by atoms with van der Waals surface area (Å²) >= 11 is 0. The summed E-state index contributed by atoms with van der Waals surface area (Å²) in [6, 6.07) is 5.82. The van der Waals surface area contributed by atoms with E-state index in [1.165, 1.54) is 12.1 Å². The van der Waals surface area contributed by atoms with Gasteiger partial charge in [0, 0.05) is 6.42 Å². The largest absolute Gasteiger partial charge is 0.299 e. The second-order valence-corrected chi connectivity index (χ2v) is 3.64. The number of unbranched alkanes of at least 4 members (excludes halogenated alkanes) is 2. The van der Waals surface area contributed by atoms with Gasteiger partial charge in [0.2, 0.25) is 5.91 Å². The molecule has 16 heavy (non-hydrogen) atoms. The molecule has 0 aliphatic heterocycles. The molecule has 0 heterocycles. The molecule has 0 radical (unpaired) electrons. The number of halogens is 1. The lowest BCUT2D eigenvalue weighted by Crippen LogP contribution is -2.28. The highest BCUT2D eigenvalue weighted by molar-refractivity contribution is 5.77. The number of amides is 1. The van der Waals surface area contributed by atoms with Gasteiger partial charge >= 0.3 is 0 Å². The van der Waals surface area contributed by atoms with E-state index in [-0.39, 0.29) is 11.7 Å². The molecule has 4 heteroatoms. The normalized spacial score (nSPS) is 9.88. The number of nitrogens with one attached hydrogen (secondary N) is 2. The number of hydrazine groups is 1. The topological polar surface area (TPSA) is 41.1 Å². The van der Waals surface area contributed by atoms with Gasteiger partial charge in [0.1, 0.15) is 5.82 Å². The lowest BCUT2D eigenvalue weighted by atomic mass is 10.2. The summed E-state index contributed by atoms with van der Waals surface area (Å²) < 4.78 is 12.6. The highest BCUT2D eigenvalue weighted by atomic mass is 19.1. The van der Waals surface area contributed by atoms with Crippen molar-refractivity contribution in [3.05, 3.63) is 30.1 Å². The van der Waals surface area contributed by atoms with E-state index in [2.05, 4.69) is 17.8 Å². The molecular weight excluding hydrogens is 207 g/mol. The Morgan fingerprint density at radius 1 is 1.25 bits per heavy atom. The van der Waals surface area contributed by atoms with Gasteiger partial charge in [0.05, 0.1) is 5.69 Å². The fourth-order valence-electron chi connectivity index (χ4n) is 1.27. The van der Waals surface area contributed by atoms with Crippen LogP contribution in [0.4, 0.5) is 10.1 Å². The molecule has 0 aromatic heterocycles. The smallest absolute Gasteiger partial charge is 0.238 e. The summed E-state index contributed by atoms with van der Waals surface area (Å²) in [6.45, 7) is 2.09. The fraction of sp³-hybridized carbons (Fsp3) is 0.417. The highest BCUT2D eigenvalue weighted by Crippen LogP contribution is 2.06. The SMILES string of the molecule is CCCCCC(=O)NNc1ccc(F)cc1. The van der Waals surface area contributed by atoms with E-state index in [4.69, 9.17) is 0 Å². The third kappa shape index (κ3) is 4.77. The van der Waals surface area contributed by atoms with E-state index in [0.717, 1.165) is 19.3 Å². The van der Waals surface area contributed by atoms with Crippen LogP contribution in [-0.2, 0) is 4.79 Å². The third-order valence-electron chi connectivity index (χ3n) is 2.20. The molecule has 0 unspecified atom stereocenters. The summed E-state index contributed by atoms with van der Waals surface area (Å²) in [4.78, 5) is 11.3. The van der Waals surface area contributed by atoms with Crippen LogP contribution >= 0.6 is 0 Å². The van der Waals surface area contributed by atoms with Crippen molar-refractivity contribution in [3.63, 3.8) is 0 Å². The number of hydrogen-bond donors (Lipinski definition) is 2. The summed E-state index contributed by atoms with van der Waals surface area (Å²) in [6.07, 6.45) is 3.57. The number of carbonyl (C=O) groups excluding carboxylic acids is 1. The first-order chi connectivity index (χ1) is 7.72. The van der Waals surface area contributed by atoms with Crippen LogP contribution in [0.5, 0.6) is 0 Å². The molecule has 0 aliphatic carbocycles. The van der Waals surface area contributed by atoms with E-state index in [9.17, 15) is 9.18 Å². The molecule has 0 aliphatic rings. The minimum Gasteiger partial charge on any atom is -0.299 e. The van der Waals surface area contributed by atoms with Gasteiger partial charge in [0.25, 0.3) is 0 Å². The van der Waals surface area contributed by atoms with Crippen LogP contribution in [0.25, 0.3) is 0 Å². The average molecular weight is 224 g/mol. The Morgan fingerprint density at radius 3 is 2.56 bits per heavy atom. The molecule has 0 saturated heterocycles. The Bertz CT molecular complexity index is 324. The van der Waals surface area contributed by atoms with E-state index >= 15 is 0 Å². The molecule has 0 bridgehead atoms. The first kappa shape index (κ1) is 12.5. The van der Waals surface area contributed by atoms with Gasteiger partial charge in [-0.1, -0.05) is 19.8 Å². The molecule has 0 fully saturated rings. The molecule has 1 aromatic carbocycles. The van der Waals surface area contributed by atoms with Crippen LogP contribution in [0.15, 0.2) is 24.3 Å². The Hall–Kier alpha value is -1.58. The van der Waals surface area contributed by atoms with Gasteiger partial charge in [-0.15, -0.1) is 0 Å². The van der Waals surface area contributed by atoms with Crippen molar-refractivity contribution in [3.8, 4) is 0 Å². The number of carbonyl (C=O) groups is 1. The fourth-order valence-corrected chi connectivity index (χ4v) is 1.27. The monoisotopic (exact) mass is 224 g/mol. The molecule has 0 spiro atoms. The minimum absolute atomic E-state index is 0.0437. The highest BCUT2D eigenvalue weighted by Gasteiger charge is 1.99. The van der Waals surface area contributed by atoms with E-state index in [0.29, 0.717) is 12.1 Å². The predicted octanol–water partition coefficient (Wildman–Crippen LogP) is 2.85. The molecule has 1 rings (SSSR count). The molecule has 1 amide bonds. The first-order valence-corrected chi connectivity index (χ1v) is 5.53. The van der Waals surface area contributed by atoms with Crippen molar-refractivity contribution in [1.29, 1.82) is 0 Å². The zero-order valence-electron chi connectivity index (χ0n) is 9.42. The van der Waals surface area contributed by atoms with Gasteiger partial charge in [-0.05, 0) is 30.7 Å². The van der Waals surface area contributed by atoms with E-state index in [1.807, 2.05) is 0 Å². The van der Waals surface area contributed by atoms with Gasteiger partial charge in [-0.25, -0.2) is 4.39 Å². The summed E-state index contributed by atoms with van der Waals surface area (Å²) in [5.41, 5.74) is 5.97. The minimum atomic E-state index is -0.292.